The van der Waals surface area contributed by atoms with Gasteiger partial charge in [-0.05, 0) is 6.07 Å². The highest BCUT2D eigenvalue weighted by Gasteiger charge is 2.24. The third-order valence-electron chi connectivity index (χ3n) is 2.64. The molecule has 2 aromatic rings. The summed E-state index contributed by atoms with van der Waals surface area (Å²) in [5, 5.41) is 0. The van der Waals surface area contributed by atoms with E-state index >= 15 is 0 Å². The highest BCUT2D eigenvalue weighted by atomic mass is 16.1. The number of Topliss-reactive ketones (excluding diaryl/α,β-unsaturated/α-hetero) is 1. The van der Waals surface area contributed by atoms with Crippen molar-refractivity contribution >= 4 is 17.2 Å². The highest BCUT2D eigenvalue weighted by Crippen LogP contribution is 2.30. The molecule has 0 radical (unpaired) electrons. The molecule has 0 fully saturated rings. The summed E-state index contributed by atoms with van der Waals surface area (Å²) in [5.74, 6) is -0.000648. The van der Waals surface area contributed by atoms with Gasteiger partial charge in [-0.2, -0.15) is 0 Å². The first-order valence-electron chi connectivity index (χ1n) is 5.14. The van der Waals surface area contributed by atoms with E-state index in [9.17, 15) is 4.79 Å². The first kappa shape index (κ1) is 9.04. The number of rotatable bonds is 2. The molecule has 0 saturated carbocycles. The Morgan fingerprint density at radius 1 is 0.875 bits per heavy atom. The van der Waals surface area contributed by atoms with Crippen molar-refractivity contribution in [2.75, 3.05) is 0 Å². The fourth-order valence-corrected chi connectivity index (χ4v) is 1.80. The number of aliphatic imine (C=N–C) groups is 1. The first-order valence-corrected chi connectivity index (χ1v) is 5.14. The van der Waals surface area contributed by atoms with Crippen molar-refractivity contribution in [3.63, 3.8) is 0 Å². The molecule has 1 aliphatic heterocycles. The average Bonchev–Trinajstić information content (AvgIpc) is 2.32. The van der Waals surface area contributed by atoms with E-state index < -0.39 is 0 Å². The summed E-state index contributed by atoms with van der Waals surface area (Å²) in [6.45, 7) is 0. The molecule has 16 heavy (non-hydrogen) atoms. The zero-order valence-corrected chi connectivity index (χ0v) is 8.55. The van der Waals surface area contributed by atoms with Gasteiger partial charge >= 0.3 is 0 Å². The minimum Gasteiger partial charge on any atom is -0.287 e. The topological polar surface area (TPSA) is 29.4 Å². The van der Waals surface area contributed by atoms with E-state index in [1.807, 2.05) is 54.6 Å². The molecule has 0 aromatic heterocycles. The maximum Gasteiger partial charge on any atom is 0.212 e. The molecule has 3 rings (SSSR count). The lowest BCUT2D eigenvalue weighted by Crippen LogP contribution is -2.20. The van der Waals surface area contributed by atoms with Gasteiger partial charge in [0.05, 0.1) is 5.69 Å². The van der Waals surface area contributed by atoms with Gasteiger partial charge in [0.15, 0.2) is 0 Å². The van der Waals surface area contributed by atoms with E-state index in [-0.39, 0.29) is 5.78 Å². The Hall–Kier alpha value is -2.22. The molecule has 2 nitrogen and oxygen atoms in total. The van der Waals surface area contributed by atoms with Gasteiger partial charge in [-0.3, -0.25) is 4.79 Å². The van der Waals surface area contributed by atoms with Crippen LogP contribution >= 0.6 is 0 Å². The summed E-state index contributed by atoms with van der Waals surface area (Å²) >= 11 is 0. The molecule has 2 aromatic carbocycles. The van der Waals surface area contributed by atoms with Gasteiger partial charge in [0, 0.05) is 11.1 Å². The average molecular weight is 207 g/mol. The van der Waals surface area contributed by atoms with Crippen LogP contribution in [0.4, 0.5) is 5.69 Å². The molecule has 0 unspecified atom stereocenters. The summed E-state index contributed by atoms with van der Waals surface area (Å²) in [6, 6.07) is 16.9. The van der Waals surface area contributed by atoms with E-state index in [0.29, 0.717) is 11.3 Å². The second-order valence-electron chi connectivity index (χ2n) is 3.67. The number of hydrogen-bond acceptors (Lipinski definition) is 2. The van der Waals surface area contributed by atoms with Gasteiger partial charge in [0.2, 0.25) is 5.78 Å². The van der Waals surface area contributed by atoms with Crippen LogP contribution in [0.3, 0.4) is 0 Å². The minimum absolute atomic E-state index is 0.000648. The first-order chi connectivity index (χ1) is 7.86. The number of ketones is 1. The van der Waals surface area contributed by atoms with Crippen molar-refractivity contribution in [1.29, 1.82) is 0 Å². The molecule has 0 amide bonds. The van der Waals surface area contributed by atoms with Crippen molar-refractivity contribution in [3.8, 4) is 0 Å². The summed E-state index contributed by atoms with van der Waals surface area (Å²) in [4.78, 5) is 16.3. The predicted molar refractivity (Wildman–Crippen MR) is 63.4 cm³/mol. The third-order valence-corrected chi connectivity index (χ3v) is 2.64. The fraction of sp³-hybridized carbons (Fsp3) is 0. The quantitative estimate of drug-likeness (QED) is 0.696. The lowest BCUT2D eigenvalue weighted by molar-refractivity contribution is 0.106. The van der Waals surface area contributed by atoms with Crippen LogP contribution in [0.15, 0.2) is 59.6 Å². The molecule has 0 aliphatic carbocycles. The van der Waals surface area contributed by atoms with Crippen molar-refractivity contribution < 1.29 is 4.79 Å². The predicted octanol–water partition coefficient (Wildman–Crippen LogP) is 3.00. The highest BCUT2D eigenvalue weighted by molar-refractivity contribution is 6.55. The Labute approximate surface area is 93.3 Å². The molecule has 1 aliphatic rings. The Morgan fingerprint density at radius 3 is 2.31 bits per heavy atom. The molecule has 0 N–H and O–H groups in total. The molecule has 0 spiro atoms. The minimum atomic E-state index is -0.000648. The van der Waals surface area contributed by atoms with Gasteiger partial charge in [-0.1, -0.05) is 48.5 Å². The molecular weight excluding hydrogens is 198 g/mol. The SMILES string of the molecule is O=C(C1=Nc2ccccc21)c1ccccc1. The Kier molecular flexibility index (Phi) is 1.93. The smallest absolute Gasteiger partial charge is 0.212 e. The van der Waals surface area contributed by atoms with Crippen LogP contribution in [0, 0.1) is 0 Å². The van der Waals surface area contributed by atoms with E-state index in [2.05, 4.69) is 4.99 Å². The number of para-hydroxylation sites is 1. The summed E-state index contributed by atoms with van der Waals surface area (Å²) in [5.41, 5.74) is 3.12. The molecule has 0 saturated heterocycles. The lowest BCUT2D eigenvalue weighted by Gasteiger charge is -2.16. The third kappa shape index (κ3) is 1.27. The second kappa shape index (κ2) is 3.42. The van der Waals surface area contributed by atoms with Gasteiger partial charge in [-0.15, -0.1) is 0 Å². The summed E-state index contributed by atoms with van der Waals surface area (Å²) in [6.07, 6.45) is 0. The molecule has 0 bridgehead atoms. The Morgan fingerprint density at radius 2 is 1.56 bits per heavy atom. The lowest BCUT2D eigenvalue weighted by atomic mass is 9.95. The van der Waals surface area contributed by atoms with Crippen LogP contribution in [0.5, 0.6) is 0 Å². The van der Waals surface area contributed by atoms with Crippen molar-refractivity contribution in [2.24, 2.45) is 4.99 Å². The van der Waals surface area contributed by atoms with Gasteiger partial charge < -0.3 is 0 Å². The van der Waals surface area contributed by atoms with Crippen LogP contribution in [0.1, 0.15) is 15.9 Å². The van der Waals surface area contributed by atoms with E-state index in [4.69, 9.17) is 0 Å². The Bertz CT molecular complexity index is 585. The van der Waals surface area contributed by atoms with Crippen LogP contribution in [0.2, 0.25) is 0 Å². The molecule has 76 valence electrons. The number of fused-ring (bicyclic) bond motifs is 1. The van der Waals surface area contributed by atoms with E-state index in [1.165, 1.54) is 0 Å². The van der Waals surface area contributed by atoms with Crippen molar-refractivity contribution in [1.82, 2.24) is 0 Å². The van der Waals surface area contributed by atoms with E-state index in [1.54, 1.807) is 0 Å². The van der Waals surface area contributed by atoms with Crippen molar-refractivity contribution in [3.05, 3.63) is 65.7 Å². The summed E-state index contributed by atoms with van der Waals surface area (Å²) in [7, 11) is 0. The standard InChI is InChI=1S/C14H9NO/c16-14(10-6-2-1-3-7-10)13-11-8-4-5-9-12(11)15-13/h1-9H. The number of hydrogen-bond donors (Lipinski definition) is 0. The van der Waals surface area contributed by atoms with Crippen LogP contribution < -0.4 is 0 Å². The van der Waals surface area contributed by atoms with E-state index in [0.717, 1.165) is 11.3 Å². The molecular formula is C14H9NO. The van der Waals surface area contributed by atoms with Gasteiger partial charge in [0.1, 0.15) is 5.71 Å². The van der Waals surface area contributed by atoms with Gasteiger partial charge in [-0.25, -0.2) is 4.99 Å². The number of benzene rings is 2. The molecule has 2 heteroatoms. The normalized spacial score (nSPS) is 12.4. The zero-order valence-electron chi connectivity index (χ0n) is 8.55. The Balaban J connectivity index is 1.96. The maximum absolute atomic E-state index is 12.1. The van der Waals surface area contributed by atoms with Crippen LogP contribution in [-0.4, -0.2) is 11.5 Å². The number of carbonyl (C=O) groups excluding carboxylic acids is 1. The van der Waals surface area contributed by atoms with Crippen LogP contribution in [-0.2, 0) is 0 Å². The second-order valence-corrected chi connectivity index (χ2v) is 3.67. The zero-order chi connectivity index (χ0) is 11.0. The van der Waals surface area contributed by atoms with Crippen LogP contribution in [0.25, 0.3) is 0 Å². The number of nitrogens with zero attached hydrogens (tertiary/aromatic N) is 1. The largest absolute Gasteiger partial charge is 0.287 e. The fourth-order valence-electron chi connectivity index (χ4n) is 1.80. The maximum atomic E-state index is 12.1. The molecule has 0 atom stereocenters. The summed E-state index contributed by atoms with van der Waals surface area (Å²) < 4.78 is 0. The monoisotopic (exact) mass is 207 g/mol. The molecule has 1 heterocycles. The number of carbonyl (C=O) groups is 1. The van der Waals surface area contributed by atoms with Crippen molar-refractivity contribution in [2.45, 2.75) is 0 Å². The van der Waals surface area contributed by atoms with Gasteiger partial charge in [0.25, 0.3) is 0 Å².